The molecule has 94 valence electrons. The largest absolute Gasteiger partial charge is 0.495 e. The Bertz CT molecular complexity index is 420. The van der Waals surface area contributed by atoms with Gasteiger partial charge in [-0.3, -0.25) is 0 Å². The van der Waals surface area contributed by atoms with Gasteiger partial charge in [-0.15, -0.1) is 0 Å². The number of nitrogens with two attached hydrogens (primary N) is 1. The van der Waals surface area contributed by atoms with Gasteiger partial charge in [-0.2, -0.15) is 0 Å². The maximum Gasteiger partial charge on any atom is 0.137 e. The summed E-state index contributed by atoms with van der Waals surface area (Å²) in [6.45, 7) is 2.20. The van der Waals surface area contributed by atoms with Crippen molar-refractivity contribution in [2.24, 2.45) is 17.6 Å². The molecule has 2 unspecified atom stereocenters. The number of hydrogen-bond donors (Lipinski definition) is 1. The topological polar surface area (TPSA) is 35.2 Å². The highest BCUT2D eigenvalue weighted by Crippen LogP contribution is 2.45. The number of ether oxygens (including phenoxy) is 1. The minimum atomic E-state index is -0.0209. The van der Waals surface area contributed by atoms with E-state index in [1.807, 2.05) is 12.1 Å². The standard InChI is InChI=1S/C13H17BrClNO/c1-7(8-3-4-8)12(16)10-5-9(15)6-11(14)13(10)17-2/h5-8,12H,3-4,16H2,1-2H3. The maximum atomic E-state index is 6.33. The first-order chi connectivity index (χ1) is 8.04. The molecule has 1 aromatic rings. The van der Waals surface area contributed by atoms with Crippen molar-refractivity contribution >= 4 is 27.5 Å². The Labute approximate surface area is 116 Å². The fourth-order valence-electron chi connectivity index (χ4n) is 2.24. The summed E-state index contributed by atoms with van der Waals surface area (Å²) in [5.74, 6) is 2.02. The molecule has 1 aromatic carbocycles. The van der Waals surface area contributed by atoms with E-state index in [1.165, 1.54) is 12.8 Å². The van der Waals surface area contributed by atoms with Gasteiger partial charge in [0.25, 0.3) is 0 Å². The number of halogens is 2. The van der Waals surface area contributed by atoms with E-state index in [4.69, 9.17) is 22.1 Å². The lowest BCUT2D eigenvalue weighted by Crippen LogP contribution is -2.21. The van der Waals surface area contributed by atoms with Gasteiger partial charge in [0.1, 0.15) is 5.75 Å². The highest BCUT2D eigenvalue weighted by atomic mass is 79.9. The van der Waals surface area contributed by atoms with Gasteiger partial charge in [0, 0.05) is 16.6 Å². The average Bonchev–Trinajstić information content (AvgIpc) is 3.10. The van der Waals surface area contributed by atoms with Gasteiger partial charge in [-0.05, 0) is 52.7 Å². The quantitative estimate of drug-likeness (QED) is 0.905. The van der Waals surface area contributed by atoms with Gasteiger partial charge in [0.2, 0.25) is 0 Å². The van der Waals surface area contributed by atoms with Crippen LogP contribution in [0.1, 0.15) is 31.4 Å². The number of hydrogen-bond acceptors (Lipinski definition) is 2. The molecular weight excluding hydrogens is 302 g/mol. The van der Waals surface area contributed by atoms with Crippen LogP contribution in [0.2, 0.25) is 5.02 Å². The average molecular weight is 319 g/mol. The number of methoxy groups -OCH3 is 1. The van der Waals surface area contributed by atoms with Gasteiger partial charge >= 0.3 is 0 Å². The zero-order chi connectivity index (χ0) is 12.6. The molecule has 2 nitrogen and oxygen atoms in total. The summed E-state index contributed by atoms with van der Waals surface area (Å²) in [5.41, 5.74) is 7.33. The van der Waals surface area contributed by atoms with Gasteiger partial charge in [0.15, 0.2) is 0 Å². The van der Waals surface area contributed by atoms with E-state index in [0.717, 1.165) is 21.7 Å². The van der Waals surface area contributed by atoms with E-state index < -0.39 is 0 Å². The zero-order valence-corrected chi connectivity index (χ0v) is 12.4. The first-order valence-corrected chi connectivity index (χ1v) is 7.00. The first-order valence-electron chi connectivity index (χ1n) is 5.83. The Morgan fingerprint density at radius 3 is 2.65 bits per heavy atom. The Balaban J connectivity index is 2.35. The minimum absolute atomic E-state index is 0.0209. The number of benzene rings is 1. The van der Waals surface area contributed by atoms with Crippen molar-refractivity contribution in [3.05, 3.63) is 27.2 Å². The van der Waals surface area contributed by atoms with E-state index in [-0.39, 0.29) is 6.04 Å². The van der Waals surface area contributed by atoms with Crippen LogP contribution in [-0.4, -0.2) is 7.11 Å². The summed E-state index contributed by atoms with van der Waals surface area (Å²) in [5, 5.41) is 0.686. The van der Waals surface area contributed by atoms with Crippen molar-refractivity contribution in [2.75, 3.05) is 7.11 Å². The van der Waals surface area contributed by atoms with Crippen LogP contribution in [0.15, 0.2) is 16.6 Å². The molecule has 0 heterocycles. The molecule has 0 amide bonds. The van der Waals surface area contributed by atoms with Crippen LogP contribution in [0.4, 0.5) is 0 Å². The van der Waals surface area contributed by atoms with Crippen LogP contribution >= 0.6 is 27.5 Å². The first kappa shape index (κ1) is 13.2. The van der Waals surface area contributed by atoms with Crippen LogP contribution < -0.4 is 10.5 Å². The molecule has 2 atom stereocenters. The van der Waals surface area contributed by atoms with Crippen molar-refractivity contribution < 1.29 is 4.74 Å². The predicted molar refractivity (Wildman–Crippen MR) is 74.5 cm³/mol. The summed E-state index contributed by atoms with van der Waals surface area (Å²) in [4.78, 5) is 0. The summed E-state index contributed by atoms with van der Waals surface area (Å²) in [6.07, 6.45) is 2.58. The summed E-state index contributed by atoms with van der Waals surface area (Å²) in [7, 11) is 1.66. The van der Waals surface area contributed by atoms with Crippen molar-refractivity contribution in [3.63, 3.8) is 0 Å². The number of rotatable bonds is 4. The monoisotopic (exact) mass is 317 g/mol. The minimum Gasteiger partial charge on any atom is -0.495 e. The Morgan fingerprint density at radius 1 is 1.47 bits per heavy atom. The Kier molecular flexibility index (Phi) is 4.01. The Morgan fingerprint density at radius 2 is 2.12 bits per heavy atom. The predicted octanol–water partition coefficient (Wildman–Crippen LogP) is 4.16. The molecule has 1 fully saturated rings. The molecule has 1 aliphatic rings. The van der Waals surface area contributed by atoms with Crippen molar-refractivity contribution in [1.29, 1.82) is 0 Å². The maximum absolute atomic E-state index is 6.33. The summed E-state index contributed by atoms with van der Waals surface area (Å²) in [6, 6.07) is 3.72. The fourth-order valence-corrected chi connectivity index (χ4v) is 3.24. The molecule has 4 heteroatoms. The zero-order valence-electron chi connectivity index (χ0n) is 10.0. The lowest BCUT2D eigenvalue weighted by atomic mass is 9.91. The van der Waals surface area contributed by atoms with Gasteiger partial charge in [0.05, 0.1) is 11.6 Å². The third kappa shape index (κ3) is 2.78. The lowest BCUT2D eigenvalue weighted by molar-refractivity contribution is 0.374. The lowest BCUT2D eigenvalue weighted by Gasteiger charge is -2.23. The normalized spacial score (nSPS) is 18.9. The summed E-state index contributed by atoms with van der Waals surface area (Å²) >= 11 is 9.55. The molecule has 0 bridgehead atoms. The molecule has 2 rings (SSSR count). The third-order valence-corrected chi connectivity index (χ3v) is 4.34. The molecular formula is C13H17BrClNO. The SMILES string of the molecule is COc1c(Br)cc(Cl)cc1C(N)C(C)C1CC1. The second kappa shape index (κ2) is 5.17. The fraction of sp³-hybridized carbons (Fsp3) is 0.538. The summed E-state index contributed by atoms with van der Waals surface area (Å²) < 4.78 is 6.28. The third-order valence-electron chi connectivity index (χ3n) is 3.53. The molecule has 0 radical (unpaired) electrons. The smallest absolute Gasteiger partial charge is 0.137 e. The van der Waals surface area contributed by atoms with E-state index in [0.29, 0.717) is 10.9 Å². The second-order valence-electron chi connectivity index (χ2n) is 4.73. The van der Waals surface area contributed by atoms with Gasteiger partial charge in [-0.1, -0.05) is 18.5 Å². The van der Waals surface area contributed by atoms with Crippen LogP contribution in [0.25, 0.3) is 0 Å². The highest BCUT2D eigenvalue weighted by Gasteiger charge is 2.33. The van der Waals surface area contributed by atoms with E-state index in [9.17, 15) is 0 Å². The van der Waals surface area contributed by atoms with Crippen LogP contribution in [0, 0.1) is 11.8 Å². The van der Waals surface area contributed by atoms with Crippen LogP contribution in [0.3, 0.4) is 0 Å². The van der Waals surface area contributed by atoms with Crippen molar-refractivity contribution in [2.45, 2.75) is 25.8 Å². The highest BCUT2D eigenvalue weighted by molar-refractivity contribution is 9.10. The van der Waals surface area contributed by atoms with Gasteiger partial charge < -0.3 is 10.5 Å². The van der Waals surface area contributed by atoms with Gasteiger partial charge in [-0.25, -0.2) is 0 Å². The molecule has 0 aromatic heterocycles. The second-order valence-corrected chi connectivity index (χ2v) is 6.02. The van der Waals surface area contributed by atoms with E-state index in [1.54, 1.807) is 7.11 Å². The Hall–Kier alpha value is -0.250. The van der Waals surface area contributed by atoms with E-state index in [2.05, 4.69) is 22.9 Å². The van der Waals surface area contributed by atoms with Crippen LogP contribution in [-0.2, 0) is 0 Å². The van der Waals surface area contributed by atoms with Crippen molar-refractivity contribution in [3.8, 4) is 5.75 Å². The molecule has 0 saturated heterocycles. The molecule has 1 aliphatic carbocycles. The van der Waals surface area contributed by atoms with Crippen molar-refractivity contribution in [1.82, 2.24) is 0 Å². The molecule has 17 heavy (non-hydrogen) atoms. The molecule has 2 N–H and O–H groups in total. The molecule has 1 saturated carbocycles. The van der Waals surface area contributed by atoms with Crippen LogP contribution in [0.5, 0.6) is 5.75 Å². The van der Waals surface area contributed by atoms with E-state index >= 15 is 0 Å². The molecule has 0 spiro atoms. The molecule has 0 aliphatic heterocycles.